The van der Waals surface area contributed by atoms with Crippen molar-refractivity contribution < 1.29 is 14.3 Å². The van der Waals surface area contributed by atoms with Crippen molar-refractivity contribution in [1.29, 1.82) is 0 Å². The number of nitrogens with one attached hydrogen (secondary N) is 1. The summed E-state index contributed by atoms with van der Waals surface area (Å²) in [7, 11) is 1.95. The first kappa shape index (κ1) is 24.3. The molecule has 0 aromatic heterocycles. The lowest BCUT2D eigenvalue weighted by atomic mass is 9.82. The van der Waals surface area contributed by atoms with Gasteiger partial charge < -0.3 is 19.7 Å². The van der Waals surface area contributed by atoms with Gasteiger partial charge in [0.05, 0.1) is 6.61 Å². The molecule has 1 heterocycles. The van der Waals surface area contributed by atoms with Crippen LogP contribution in [0.4, 0.5) is 0 Å². The third-order valence-electron chi connectivity index (χ3n) is 8.21. The zero-order chi connectivity index (χ0) is 24.3. The van der Waals surface area contributed by atoms with Gasteiger partial charge in [-0.25, -0.2) is 0 Å². The Morgan fingerprint density at radius 1 is 1.09 bits per heavy atom. The molecule has 0 spiro atoms. The summed E-state index contributed by atoms with van der Waals surface area (Å²) in [5, 5.41) is 3.68. The van der Waals surface area contributed by atoms with E-state index in [-0.39, 0.29) is 11.9 Å². The molecule has 5 heteroatoms. The molecule has 1 N–H and O–H groups in total. The standard InChI is InChI=1S/C30H40N2O3/c1-30(13-15-34-16-14-30)21-31-19-23-5-6-26-18-27(10-7-25(26)17-23)32(2)29(33)24-8-11-28(12-9-24)35-20-22-3-4-22/h5-6,8-9,11-12,17,22,27,31H,3-4,7,10,13-16,18-21H2,1-2H3. The van der Waals surface area contributed by atoms with E-state index in [4.69, 9.17) is 9.47 Å². The molecule has 3 aliphatic rings. The Labute approximate surface area is 210 Å². The molecule has 1 atom stereocenters. The molecule has 0 radical (unpaired) electrons. The van der Waals surface area contributed by atoms with Crippen molar-refractivity contribution in [1.82, 2.24) is 10.2 Å². The van der Waals surface area contributed by atoms with Gasteiger partial charge >= 0.3 is 0 Å². The predicted molar refractivity (Wildman–Crippen MR) is 139 cm³/mol. The fraction of sp³-hybridized carbons (Fsp3) is 0.567. The highest BCUT2D eigenvalue weighted by atomic mass is 16.5. The normalized spacial score (nSPS) is 21.3. The molecule has 2 fully saturated rings. The topological polar surface area (TPSA) is 50.8 Å². The van der Waals surface area contributed by atoms with Crippen LogP contribution in [-0.4, -0.2) is 50.3 Å². The molecular formula is C30H40N2O3. The van der Waals surface area contributed by atoms with Crippen molar-refractivity contribution in [2.24, 2.45) is 11.3 Å². The van der Waals surface area contributed by atoms with Crippen molar-refractivity contribution in [3.63, 3.8) is 0 Å². The predicted octanol–water partition coefficient (Wildman–Crippen LogP) is 5.01. The molecule has 2 aromatic carbocycles. The number of benzene rings is 2. The number of rotatable bonds is 9. The van der Waals surface area contributed by atoms with E-state index in [1.165, 1.54) is 29.5 Å². The summed E-state index contributed by atoms with van der Waals surface area (Å²) in [5.74, 6) is 1.67. The van der Waals surface area contributed by atoms with E-state index in [2.05, 4.69) is 30.4 Å². The van der Waals surface area contributed by atoms with E-state index in [9.17, 15) is 4.79 Å². The number of ether oxygens (including phenoxy) is 2. The van der Waals surface area contributed by atoms with Crippen LogP contribution < -0.4 is 10.1 Å². The second-order valence-corrected chi connectivity index (χ2v) is 11.2. The number of carbonyl (C=O) groups excluding carboxylic acids is 1. The van der Waals surface area contributed by atoms with E-state index in [0.29, 0.717) is 5.41 Å². The van der Waals surface area contributed by atoms with Crippen LogP contribution in [0.3, 0.4) is 0 Å². The van der Waals surface area contributed by atoms with Crippen LogP contribution >= 0.6 is 0 Å². The monoisotopic (exact) mass is 476 g/mol. The van der Waals surface area contributed by atoms with Gasteiger partial charge in [0.15, 0.2) is 0 Å². The highest BCUT2D eigenvalue weighted by Crippen LogP contribution is 2.31. The van der Waals surface area contributed by atoms with E-state index >= 15 is 0 Å². The van der Waals surface area contributed by atoms with Crippen LogP contribution in [0.1, 0.15) is 66.1 Å². The van der Waals surface area contributed by atoms with Gasteiger partial charge in [0.2, 0.25) is 0 Å². The van der Waals surface area contributed by atoms with Crippen molar-refractivity contribution in [2.75, 3.05) is 33.4 Å². The second-order valence-electron chi connectivity index (χ2n) is 11.2. The summed E-state index contributed by atoms with van der Waals surface area (Å²) < 4.78 is 11.3. The second kappa shape index (κ2) is 10.7. The smallest absolute Gasteiger partial charge is 0.253 e. The lowest BCUT2D eigenvalue weighted by molar-refractivity contribution is 0.0240. The average Bonchev–Trinajstić information content (AvgIpc) is 3.71. The Kier molecular flexibility index (Phi) is 7.45. The molecule has 5 nitrogen and oxygen atoms in total. The van der Waals surface area contributed by atoms with Gasteiger partial charge in [-0.3, -0.25) is 4.79 Å². The number of fused-ring (bicyclic) bond motifs is 1. The number of hydrogen-bond donors (Lipinski definition) is 1. The maximum atomic E-state index is 13.1. The first-order valence-corrected chi connectivity index (χ1v) is 13.4. The molecular weight excluding hydrogens is 436 g/mol. The van der Waals surface area contributed by atoms with Crippen LogP contribution in [0.15, 0.2) is 42.5 Å². The van der Waals surface area contributed by atoms with E-state index in [1.54, 1.807) is 0 Å². The van der Waals surface area contributed by atoms with Gasteiger partial charge in [0.25, 0.3) is 5.91 Å². The lowest BCUT2D eigenvalue weighted by Crippen LogP contribution is -2.40. The Bertz CT molecular complexity index is 1010. The van der Waals surface area contributed by atoms with Crippen LogP contribution in [0.2, 0.25) is 0 Å². The minimum absolute atomic E-state index is 0.0922. The number of aryl methyl sites for hydroxylation is 1. The summed E-state index contributed by atoms with van der Waals surface area (Å²) in [4.78, 5) is 15.1. The minimum atomic E-state index is 0.0922. The van der Waals surface area contributed by atoms with Gasteiger partial charge in [0.1, 0.15) is 5.75 Å². The van der Waals surface area contributed by atoms with Crippen LogP contribution in [-0.2, 0) is 24.1 Å². The molecule has 2 aromatic rings. The van der Waals surface area contributed by atoms with Crippen molar-refractivity contribution >= 4 is 5.91 Å². The molecule has 1 aliphatic heterocycles. The third-order valence-corrected chi connectivity index (χ3v) is 8.21. The maximum Gasteiger partial charge on any atom is 0.253 e. The fourth-order valence-corrected chi connectivity index (χ4v) is 5.34. The molecule has 188 valence electrons. The van der Waals surface area contributed by atoms with Gasteiger partial charge in [-0.05, 0) is 97.2 Å². The van der Waals surface area contributed by atoms with Gasteiger partial charge in [-0.1, -0.05) is 25.1 Å². The van der Waals surface area contributed by atoms with Crippen LogP contribution in [0.25, 0.3) is 0 Å². The van der Waals surface area contributed by atoms with Gasteiger partial charge in [-0.15, -0.1) is 0 Å². The quantitative estimate of drug-likeness (QED) is 0.553. The summed E-state index contributed by atoms with van der Waals surface area (Å²) in [6, 6.07) is 14.8. The summed E-state index contributed by atoms with van der Waals surface area (Å²) in [6.07, 6.45) is 7.78. The largest absolute Gasteiger partial charge is 0.493 e. The molecule has 1 saturated carbocycles. The Balaban J connectivity index is 1.13. The van der Waals surface area contributed by atoms with E-state index in [1.807, 2.05) is 36.2 Å². The number of nitrogens with zero attached hydrogens (tertiary/aromatic N) is 1. The molecule has 1 saturated heterocycles. The summed E-state index contributed by atoms with van der Waals surface area (Å²) in [5.41, 5.74) is 5.25. The third kappa shape index (κ3) is 6.25. The van der Waals surface area contributed by atoms with Crippen molar-refractivity contribution in [3.8, 4) is 5.75 Å². The molecule has 2 aliphatic carbocycles. The van der Waals surface area contributed by atoms with Gasteiger partial charge in [-0.2, -0.15) is 0 Å². The van der Waals surface area contributed by atoms with Gasteiger partial charge in [0, 0.05) is 45.0 Å². The lowest BCUT2D eigenvalue weighted by Gasteiger charge is -2.34. The van der Waals surface area contributed by atoms with Crippen LogP contribution in [0, 0.1) is 11.3 Å². The molecule has 1 amide bonds. The van der Waals surface area contributed by atoms with Crippen LogP contribution in [0.5, 0.6) is 5.75 Å². The first-order chi connectivity index (χ1) is 17.0. The number of carbonyl (C=O) groups is 1. The first-order valence-electron chi connectivity index (χ1n) is 13.4. The molecule has 0 bridgehead atoms. The molecule has 5 rings (SSSR count). The van der Waals surface area contributed by atoms with Crippen molar-refractivity contribution in [2.45, 2.75) is 64.5 Å². The summed E-state index contributed by atoms with van der Waals surface area (Å²) in [6.45, 7) is 6.87. The Hall–Kier alpha value is -2.37. The molecule has 35 heavy (non-hydrogen) atoms. The molecule has 1 unspecified atom stereocenters. The van der Waals surface area contributed by atoms with E-state index in [0.717, 1.165) is 82.2 Å². The number of amides is 1. The highest BCUT2D eigenvalue weighted by molar-refractivity contribution is 5.94. The zero-order valence-electron chi connectivity index (χ0n) is 21.4. The zero-order valence-corrected chi connectivity index (χ0v) is 21.4. The Morgan fingerprint density at radius 2 is 1.86 bits per heavy atom. The maximum absolute atomic E-state index is 13.1. The number of likely N-dealkylation sites (N-methyl/N-ethyl adjacent to an activating group) is 1. The Morgan fingerprint density at radius 3 is 2.60 bits per heavy atom. The summed E-state index contributed by atoms with van der Waals surface area (Å²) >= 11 is 0. The van der Waals surface area contributed by atoms with E-state index < -0.39 is 0 Å². The highest BCUT2D eigenvalue weighted by Gasteiger charge is 2.28. The van der Waals surface area contributed by atoms with Crippen molar-refractivity contribution in [3.05, 3.63) is 64.7 Å². The SMILES string of the molecule is CN(C(=O)c1ccc(OCC2CC2)cc1)C1CCc2cc(CNCC3(C)CCOCC3)ccc2C1. The fourth-order valence-electron chi connectivity index (χ4n) is 5.34. The minimum Gasteiger partial charge on any atom is -0.493 e. The number of hydrogen-bond acceptors (Lipinski definition) is 4. The average molecular weight is 477 g/mol.